The van der Waals surface area contributed by atoms with Crippen LogP contribution in [0.1, 0.15) is 33.5 Å². The number of carbonyl (C=O) groups excluding carboxylic acids is 1. The molecule has 1 aromatic carbocycles. The Morgan fingerprint density at radius 3 is 2.30 bits per heavy atom. The van der Waals surface area contributed by atoms with Gasteiger partial charge in [-0.25, -0.2) is 13.4 Å². The van der Waals surface area contributed by atoms with E-state index in [-0.39, 0.29) is 11.7 Å². The van der Waals surface area contributed by atoms with Gasteiger partial charge in [-0.3, -0.25) is 9.10 Å². The number of hydrogen-bond acceptors (Lipinski definition) is 5. The molecule has 0 unspecified atom stereocenters. The second-order valence-corrected chi connectivity index (χ2v) is 10.2. The van der Waals surface area contributed by atoms with Gasteiger partial charge in [0.1, 0.15) is 5.82 Å². The van der Waals surface area contributed by atoms with Crippen molar-refractivity contribution < 1.29 is 13.2 Å². The predicted octanol–water partition coefficient (Wildman–Crippen LogP) is 2.51. The molecule has 2 aliphatic rings. The molecule has 2 saturated heterocycles. The fourth-order valence-corrected chi connectivity index (χ4v) is 5.79. The summed E-state index contributed by atoms with van der Waals surface area (Å²) in [6.07, 6.45) is 2.13. The Morgan fingerprint density at radius 2 is 1.70 bits per heavy atom. The van der Waals surface area contributed by atoms with Crippen molar-refractivity contribution in [3.63, 3.8) is 0 Å². The Hall–Kier alpha value is -2.61. The zero-order valence-electron chi connectivity index (χ0n) is 17.8. The Labute approximate surface area is 178 Å². The topological polar surface area (TPSA) is 73.8 Å². The molecule has 8 heteroatoms. The minimum Gasteiger partial charge on any atom is -0.368 e. The lowest BCUT2D eigenvalue weighted by atomic mass is 10.1. The van der Waals surface area contributed by atoms with Crippen LogP contribution in [0.4, 0.5) is 11.5 Å². The number of nitrogens with zero attached hydrogens (tertiary/aromatic N) is 4. The SMILES string of the molecule is Cc1ccc(N2CCN(C(=O)c3cnc(N4CCCS4(=O)=O)cc3C)CC2)c(C)c1. The number of sulfonamides is 1. The quantitative estimate of drug-likeness (QED) is 0.751. The summed E-state index contributed by atoms with van der Waals surface area (Å²) in [5, 5.41) is 0. The van der Waals surface area contributed by atoms with E-state index in [2.05, 4.69) is 41.9 Å². The molecule has 2 aromatic rings. The first-order valence-electron chi connectivity index (χ1n) is 10.3. The Kier molecular flexibility index (Phi) is 5.44. The number of amides is 1. The molecular weight excluding hydrogens is 400 g/mol. The van der Waals surface area contributed by atoms with E-state index >= 15 is 0 Å². The van der Waals surface area contributed by atoms with Crippen molar-refractivity contribution in [3.05, 3.63) is 52.7 Å². The summed E-state index contributed by atoms with van der Waals surface area (Å²) in [5.41, 5.74) is 5.02. The third-order valence-electron chi connectivity index (χ3n) is 5.94. The molecule has 1 aromatic heterocycles. The number of pyridine rings is 1. The highest BCUT2D eigenvalue weighted by molar-refractivity contribution is 7.93. The van der Waals surface area contributed by atoms with Gasteiger partial charge < -0.3 is 9.80 Å². The molecule has 160 valence electrons. The maximum Gasteiger partial charge on any atom is 0.255 e. The van der Waals surface area contributed by atoms with Gasteiger partial charge in [-0.1, -0.05) is 17.7 Å². The van der Waals surface area contributed by atoms with Gasteiger partial charge in [-0.05, 0) is 50.5 Å². The molecule has 2 fully saturated rings. The van der Waals surface area contributed by atoms with Crippen molar-refractivity contribution in [1.82, 2.24) is 9.88 Å². The van der Waals surface area contributed by atoms with Crippen LogP contribution in [-0.2, 0) is 10.0 Å². The fraction of sp³-hybridized carbons (Fsp3) is 0.455. The molecule has 0 spiro atoms. The van der Waals surface area contributed by atoms with Gasteiger partial charge in [-0.15, -0.1) is 0 Å². The van der Waals surface area contributed by atoms with Crippen molar-refractivity contribution in [1.29, 1.82) is 0 Å². The van der Waals surface area contributed by atoms with Crippen molar-refractivity contribution in [2.45, 2.75) is 27.2 Å². The molecule has 4 rings (SSSR count). The van der Waals surface area contributed by atoms with Gasteiger partial charge in [0.05, 0.1) is 11.3 Å². The van der Waals surface area contributed by atoms with Crippen LogP contribution in [0.2, 0.25) is 0 Å². The molecule has 0 aliphatic carbocycles. The number of aryl methyl sites for hydroxylation is 3. The standard InChI is InChI=1S/C22H28N4O3S/c1-16-5-6-20(18(3)13-16)24-8-10-25(11-9-24)22(27)19-15-23-21(14-17(19)2)26-7-4-12-30(26,28)29/h5-6,13-15H,4,7-12H2,1-3H3. The summed E-state index contributed by atoms with van der Waals surface area (Å²) >= 11 is 0. The number of piperazine rings is 1. The van der Waals surface area contributed by atoms with Crippen LogP contribution in [0.15, 0.2) is 30.5 Å². The van der Waals surface area contributed by atoms with Crippen LogP contribution < -0.4 is 9.21 Å². The number of anilines is 2. The molecule has 0 bridgehead atoms. The molecule has 2 aliphatic heterocycles. The largest absolute Gasteiger partial charge is 0.368 e. The Morgan fingerprint density at radius 1 is 0.967 bits per heavy atom. The number of benzene rings is 1. The highest BCUT2D eigenvalue weighted by Gasteiger charge is 2.30. The predicted molar refractivity (Wildman–Crippen MR) is 119 cm³/mol. The normalized spacial score (nSPS) is 18.7. The summed E-state index contributed by atoms with van der Waals surface area (Å²) in [4.78, 5) is 21.6. The van der Waals surface area contributed by atoms with Gasteiger partial charge in [0.15, 0.2) is 0 Å². The third-order valence-corrected chi connectivity index (χ3v) is 7.79. The average Bonchev–Trinajstić information content (AvgIpc) is 3.06. The Balaban J connectivity index is 1.45. The first-order chi connectivity index (χ1) is 14.3. The van der Waals surface area contributed by atoms with E-state index in [1.165, 1.54) is 27.3 Å². The van der Waals surface area contributed by atoms with E-state index in [0.717, 1.165) is 18.7 Å². The van der Waals surface area contributed by atoms with Crippen LogP contribution in [0.5, 0.6) is 0 Å². The summed E-state index contributed by atoms with van der Waals surface area (Å²) in [6, 6.07) is 8.17. The molecule has 3 heterocycles. The molecule has 1 amide bonds. The van der Waals surface area contributed by atoms with Gasteiger partial charge in [0, 0.05) is 44.6 Å². The molecule has 30 heavy (non-hydrogen) atoms. The number of aromatic nitrogens is 1. The fourth-order valence-electron chi connectivity index (χ4n) is 4.28. The van der Waals surface area contributed by atoms with E-state index < -0.39 is 10.0 Å². The van der Waals surface area contributed by atoms with Gasteiger partial charge in [-0.2, -0.15) is 0 Å². The molecule has 0 saturated carbocycles. The lowest BCUT2D eigenvalue weighted by Gasteiger charge is -2.37. The van der Waals surface area contributed by atoms with Crippen LogP contribution in [-0.4, -0.2) is 62.7 Å². The lowest BCUT2D eigenvalue weighted by Crippen LogP contribution is -2.49. The number of carbonyl (C=O) groups is 1. The first-order valence-corrected chi connectivity index (χ1v) is 12.0. The molecule has 0 atom stereocenters. The van der Waals surface area contributed by atoms with Crippen LogP contribution >= 0.6 is 0 Å². The summed E-state index contributed by atoms with van der Waals surface area (Å²) in [6.45, 7) is 9.36. The minimum atomic E-state index is -3.28. The maximum absolute atomic E-state index is 13.1. The van der Waals surface area contributed by atoms with Crippen LogP contribution in [0.3, 0.4) is 0 Å². The highest BCUT2D eigenvalue weighted by atomic mass is 32.2. The summed E-state index contributed by atoms with van der Waals surface area (Å²) < 4.78 is 25.6. The first kappa shape index (κ1) is 20.7. The van der Waals surface area contributed by atoms with Gasteiger partial charge in [0.25, 0.3) is 5.91 Å². The molecule has 0 N–H and O–H groups in total. The number of rotatable bonds is 3. The average molecular weight is 429 g/mol. The maximum atomic E-state index is 13.1. The second-order valence-electron chi connectivity index (χ2n) is 8.17. The van der Waals surface area contributed by atoms with Crippen molar-refractivity contribution in [2.24, 2.45) is 0 Å². The van der Waals surface area contributed by atoms with Gasteiger partial charge in [0.2, 0.25) is 10.0 Å². The van der Waals surface area contributed by atoms with E-state index in [0.29, 0.717) is 37.4 Å². The van der Waals surface area contributed by atoms with E-state index in [4.69, 9.17) is 0 Å². The van der Waals surface area contributed by atoms with E-state index in [9.17, 15) is 13.2 Å². The summed E-state index contributed by atoms with van der Waals surface area (Å²) in [5.74, 6) is 0.511. The lowest BCUT2D eigenvalue weighted by molar-refractivity contribution is 0.0745. The summed E-state index contributed by atoms with van der Waals surface area (Å²) in [7, 11) is -3.28. The zero-order chi connectivity index (χ0) is 21.5. The number of hydrogen-bond donors (Lipinski definition) is 0. The molecule has 7 nitrogen and oxygen atoms in total. The monoisotopic (exact) mass is 428 g/mol. The van der Waals surface area contributed by atoms with Crippen LogP contribution in [0, 0.1) is 20.8 Å². The Bertz CT molecular complexity index is 1080. The van der Waals surface area contributed by atoms with E-state index in [1.54, 1.807) is 6.07 Å². The van der Waals surface area contributed by atoms with Gasteiger partial charge >= 0.3 is 0 Å². The molecule has 0 radical (unpaired) electrons. The van der Waals surface area contributed by atoms with E-state index in [1.807, 2.05) is 11.8 Å². The second kappa shape index (κ2) is 7.91. The highest BCUT2D eigenvalue weighted by Crippen LogP contribution is 2.26. The third kappa shape index (κ3) is 3.88. The smallest absolute Gasteiger partial charge is 0.255 e. The van der Waals surface area contributed by atoms with Crippen LogP contribution in [0.25, 0.3) is 0 Å². The van der Waals surface area contributed by atoms with Crippen molar-refractivity contribution in [3.8, 4) is 0 Å². The zero-order valence-corrected chi connectivity index (χ0v) is 18.6. The van der Waals surface area contributed by atoms with Crippen molar-refractivity contribution >= 4 is 27.4 Å². The van der Waals surface area contributed by atoms with Crippen molar-refractivity contribution in [2.75, 3.05) is 47.7 Å². The minimum absolute atomic E-state index is 0.0453. The molecular formula is C22H28N4O3S.